The lowest BCUT2D eigenvalue weighted by Gasteiger charge is -2.39. The molecule has 0 saturated heterocycles. The van der Waals surface area contributed by atoms with Gasteiger partial charge in [-0.05, 0) is 86.8 Å². The molecule has 6 nitrogen and oxygen atoms in total. The second-order valence-electron chi connectivity index (χ2n) is 19.4. The van der Waals surface area contributed by atoms with E-state index < -0.39 is 50.1 Å². The molecule has 2 aromatic rings. The number of alkyl halides is 6. The van der Waals surface area contributed by atoms with Crippen molar-refractivity contribution in [2.45, 2.75) is 277 Å². The van der Waals surface area contributed by atoms with Gasteiger partial charge in [-0.2, -0.15) is 26.3 Å². The van der Waals surface area contributed by atoms with Crippen LogP contribution < -0.4 is 0 Å². The third-order valence-electron chi connectivity index (χ3n) is 13.8. The molecule has 0 bridgehead atoms. The van der Waals surface area contributed by atoms with Gasteiger partial charge in [-0.3, -0.25) is 20.2 Å². The van der Waals surface area contributed by atoms with E-state index in [0.29, 0.717) is 51.4 Å². The van der Waals surface area contributed by atoms with E-state index in [9.17, 15) is 20.2 Å². The first kappa shape index (κ1) is 59.9. The van der Waals surface area contributed by atoms with Crippen molar-refractivity contribution >= 4 is 11.4 Å². The van der Waals surface area contributed by atoms with E-state index in [1.807, 2.05) is 0 Å². The van der Waals surface area contributed by atoms with Crippen molar-refractivity contribution in [1.82, 2.24) is 0 Å². The lowest BCUT2D eigenvalue weighted by Crippen LogP contribution is -2.55. The van der Waals surface area contributed by atoms with Crippen LogP contribution in [0.4, 0.5) is 37.7 Å². The highest BCUT2D eigenvalue weighted by Crippen LogP contribution is 2.58. The van der Waals surface area contributed by atoms with E-state index in [1.165, 1.54) is 0 Å². The van der Waals surface area contributed by atoms with Crippen molar-refractivity contribution in [3.05, 3.63) is 77.9 Å². The summed E-state index contributed by atoms with van der Waals surface area (Å²) >= 11 is 0. The predicted molar refractivity (Wildman–Crippen MR) is 264 cm³/mol. The fourth-order valence-corrected chi connectivity index (χ4v) is 9.96. The molecule has 2 rings (SSSR count). The smallest absolute Gasteiger partial charge is 0.258 e. The fourth-order valence-electron chi connectivity index (χ4n) is 9.96. The summed E-state index contributed by atoms with van der Waals surface area (Å²) in [5.41, 5.74) is -8.11. The summed E-state index contributed by atoms with van der Waals surface area (Å²) in [6.45, 7) is 8.47. The molecule has 12 heteroatoms. The maximum absolute atomic E-state index is 16.2. The van der Waals surface area contributed by atoms with E-state index in [1.54, 1.807) is 0 Å². The molecule has 384 valence electrons. The molecule has 0 fully saturated rings. The minimum absolute atomic E-state index is 0.0387. The van der Waals surface area contributed by atoms with Crippen molar-refractivity contribution in [3.63, 3.8) is 0 Å². The lowest BCUT2D eigenvalue weighted by atomic mass is 9.70. The average molecular weight is 955 g/mol. The van der Waals surface area contributed by atoms with Crippen LogP contribution in [0.15, 0.2) is 24.3 Å². The third kappa shape index (κ3) is 20.4. The molecule has 0 N–H and O–H groups in total. The van der Waals surface area contributed by atoms with Gasteiger partial charge in [-0.1, -0.05) is 207 Å². The Morgan fingerprint density at radius 1 is 0.343 bits per heavy atom. The Balaban J connectivity index is 2.85. The van der Waals surface area contributed by atoms with E-state index in [-0.39, 0.29) is 47.9 Å². The highest BCUT2D eigenvalue weighted by atomic mass is 19.4. The Morgan fingerprint density at radius 3 is 0.687 bits per heavy atom. The van der Waals surface area contributed by atoms with Crippen LogP contribution in [-0.2, 0) is 31.1 Å². The van der Waals surface area contributed by atoms with Crippen molar-refractivity contribution in [2.75, 3.05) is 0 Å². The standard InChI is InChI=1S/C55H88F6N2O4/c1-5-9-13-17-21-25-29-33-37-45-41-49(42-46(51(45)62(64)65)38-34-30-26-22-18-14-10-6-2)53(54(56,57)58,55(59,60)61)50-43-47(39-35-31-27-23-19-15-11-7-3)52(63(66)67)48(44-50)40-36-32-28-24-20-16-12-8-4/h41-44H,5-40H2,1-4H3. The van der Waals surface area contributed by atoms with Gasteiger partial charge in [-0.25, -0.2) is 0 Å². The van der Waals surface area contributed by atoms with Crippen molar-refractivity contribution in [3.8, 4) is 0 Å². The van der Waals surface area contributed by atoms with Crippen LogP contribution in [0.2, 0.25) is 0 Å². The van der Waals surface area contributed by atoms with Gasteiger partial charge in [-0.15, -0.1) is 0 Å². The van der Waals surface area contributed by atoms with Gasteiger partial charge in [0.05, 0.1) is 9.85 Å². The number of nitro groups is 2. The van der Waals surface area contributed by atoms with E-state index in [4.69, 9.17) is 0 Å². The monoisotopic (exact) mass is 955 g/mol. The first-order valence-electron chi connectivity index (χ1n) is 26.9. The Morgan fingerprint density at radius 2 is 0.522 bits per heavy atom. The molecule has 0 amide bonds. The number of nitrogens with zero attached hydrogens (tertiary/aromatic N) is 2. The highest BCUT2D eigenvalue weighted by molar-refractivity contribution is 5.59. The van der Waals surface area contributed by atoms with Crippen LogP contribution in [0.5, 0.6) is 0 Å². The van der Waals surface area contributed by atoms with Crippen LogP contribution >= 0.6 is 0 Å². The number of unbranched alkanes of at least 4 members (excludes halogenated alkanes) is 28. The van der Waals surface area contributed by atoms with E-state index >= 15 is 26.3 Å². The van der Waals surface area contributed by atoms with Crippen molar-refractivity contribution < 1.29 is 36.2 Å². The number of rotatable bonds is 40. The summed E-state index contributed by atoms with van der Waals surface area (Å²) in [5, 5.41) is 25.7. The number of nitro benzene ring substituents is 2. The summed E-state index contributed by atoms with van der Waals surface area (Å²) in [7, 11) is 0. The van der Waals surface area contributed by atoms with Crippen LogP contribution in [0.25, 0.3) is 0 Å². The zero-order valence-corrected chi connectivity index (χ0v) is 42.1. The normalized spacial score (nSPS) is 12.3. The SMILES string of the molecule is CCCCCCCCCCc1cc(C(c2cc(CCCCCCCCCC)c([N+](=O)[O-])c(CCCCCCCCCC)c2)(C(F)(F)F)C(F)(F)F)cc(CCCCCCCCCC)c1[N+](=O)[O-]. The molecule has 67 heavy (non-hydrogen) atoms. The molecule has 0 atom stereocenters. The Kier molecular flexibility index (Phi) is 29.9. The average Bonchev–Trinajstić information content (AvgIpc) is 3.26. The van der Waals surface area contributed by atoms with Crippen molar-refractivity contribution in [2.24, 2.45) is 0 Å². The molecule has 0 unspecified atom stereocenters. The maximum atomic E-state index is 16.2. The highest BCUT2D eigenvalue weighted by Gasteiger charge is 2.73. The van der Waals surface area contributed by atoms with Crippen molar-refractivity contribution in [1.29, 1.82) is 0 Å². The Bertz CT molecular complexity index is 1470. The second kappa shape index (κ2) is 33.4. The zero-order chi connectivity index (χ0) is 49.6. The van der Waals surface area contributed by atoms with Crippen LogP contribution in [0.3, 0.4) is 0 Å². The Hall–Kier alpha value is -3.18. The summed E-state index contributed by atoms with van der Waals surface area (Å²) in [4.78, 5) is 24.4. The summed E-state index contributed by atoms with van der Waals surface area (Å²) in [5.74, 6) is 0. The first-order valence-corrected chi connectivity index (χ1v) is 26.9. The Labute approximate surface area is 400 Å². The van der Waals surface area contributed by atoms with E-state index in [0.717, 1.165) is 178 Å². The van der Waals surface area contributed by atoms with Gasteiger partial charge in [0, 0.05) is 22.3 Å². The molecule has 0 aliphatic rings. The predicted octanol–water partition coefficient (Wildman–Crippen LogP) is 19.6. The first-order chi connectivity index (χ1) is 32.1. The largest absolute Gasteiger partial charge is 0.411 e. The fraction of sp³-hybridized carbons (Fsp3) is 0.782. The number of benzene rings is 2. The van der Waals surface area contributed by atoms with Crippen LogP contribution in [-0.4, -0.2) is 22.2 Å². The second-order valence-corrected chi connectivity index (χ2v) is 19.4. The zero-order valence-electron chi connectivity index (χ0n) is 42.1. The summed E-state index contributed by atoms with van der Waals surface area (Å²) in [6.07, 6.45) is 16.1. The minimum Gasteiger partial charge on any atom is -0.258 e. The van der Waals surface area contributed by atoms with Gasteiger partial charge >= 0.3 is 12.4 Å². The molecule has 2 aromatic carbocycles. The van der Waals surface area contributed by atoms with Gasteiger partial charge < -0.3 is 0 Å². The quantitative estimate of drug-likeness (QED) is 0.0288. The molecule has 0 aliphatic heterocycles. The molecule has 0 spiro atoms. The molecular weight excluding hydrogens is 867 g/mol. The lowest BCUT2D eigenvalue weighted by molar-refractivity contribution is -0.386. The van der Waals surface area contributed by atoms with Crippen LogP contribution in [0, 0.1) is 20.2 Å². The molecule has 0 saturated carbocycles. The van der Waals surface area contributed by atoms with Gasteiger partial charge in [0.1, 0.15) is 0 Å². The number of aryl methyl sites for hydroxylation is 4. The number of halogens is 6. The van der Waals surface area contributed by atoms with Gasteiger partial charge in [0.15, 0.2) is 0 Å². The molecule has 0 radical (unpaired) electrons. The topological polar surface area (TPSA) is 86.3 Å². The molecule has 0 heterocycles. The molecule has 0 aromatic heterocycles. The number of hydrogen-bond donors (Lipinski definition) is 0. The van der Waals surface area contributed by atoms with E-state index in [2.05, 4.69) is 27.7 Å². The van der Waals surface area contributed by atoms with Crippen LogP contribution in [0.1, 0.15) is 267 Å². The maximum Gasteiger partial charge on any atom is 0.411 e. The molecular formula is C55H88F6N2O4. The van der Waals surface area contributed by atoms with Gasteiger partial charge in [0.2, 0.25) is 5.41 Å². The summed E-state index contributed by atoms with van der Waals surface area (Å²) < 4.78 is 97.3. The number of hydrogen-bond acceptors (Lipinski definition) is 4. The minimum atomic E-state index is -5.96. The molecule has 0 aliphatic carbocycles. The van der Waals surface area contributed by atoms with Gasteiger partial charge in [0.25, 0.3) is 11.4 Å². The third-order valence-corrected chi connectivity index (χ3v) is 13.8. The summed E-state index contributed by atoms with van der Waals surface area (Å²) in [6, 6.07) is 3.20.